The summed E-state index contributed by atoms with van der Waals surface area (Å²) in [5, 5.41) is 10.6. The molecule has 2 heterocycles. The Balaban J connectivity index is 1.34. The van der Waals surface area contributed by atoms with Crippen LogP contribution < -0.4 is 10.1 Å². The van der Waals surface area contributed by atoms with Crippen molar-refractivity contribution in [2.24, 2.45) is 5.41 Å². The van der Waals surface area contributed by atoms with E-state index in [-0.39, 0.29) is 23.6 Å². The zero-order valence-electron chi connectivity index (χ0n) is 15.8. The molecule has 1 amide bonds. The number of likely N-dealkylation sites (tertiary alicyclic amines) is 1. The smallest absolute Gasteiger partial charge is 0.406 e. The summed E-state index contributed by atoms with van der Waals surface area (Å²) in [5.41, 5.74) is 0.931. The molecule has 2 aliphatic rings. The fourth-order valence-electron chi connectivity index (χ4n) is 3.60. The van der Waals surface area contributed by atoms with Crippen molar-refractivity contribution in [1.82, 2.24) is 15.1 Å². The van der Waals surface area contributed by atoms with Crippen LogP contribution in [0.5, 0.6) is 5.75 Å². The molecule has 1 aromatic carbocycles. The molecule has 1 N–H and O–H groups in total. The second-order valence-electron chi connectivity index (χ2n) is 7.68. The second kappa shape index (κ2) is 7.23. The summed E-state index contributed by atoms with van der Waals surface area (Å²) < 4.78 is 46.0. The first-order chi connectivity index (χ1) is 13.7. The quantitative estimate of drug-likeness (QED) is 0.807. The molecule has 1 atom stereocenters. The molecule has 4 rings (SSSR count). The average molecular weight is 410 g/mol. The van der Waals surface area contributed by atoms with Crippen LogP contribution in [-0.4, -0.2) is 46.5 Å². The summed E-state index contributed by atoms with van der Waals surface area (Å²) in [6.07, 6.45) is -0.0817. The summed E-state index contributed by atoms with van der Waals surface area (Å²) in [5.74, 6) is -0.235. The number of hydrogen-bond donors (Lipinski definition) is 1. The predicted octanol–water partition coefficient (Wildman–Crippen LogP) is 3.84. The summed E-state index contributed by atoms with van der Waals surface area (Å²) in [7, 11) is 0. The SMILES string of the molecule is C[C@@H](Nc1nnc(-c2ccc(OC(F)(F)F)cc2)o1)C(=O)N1CCC2(CC1)CC2. The van der Waals surface area contributed by atoms with Gasteiger partial charge in [-0.15, -0.1) is 18.3 Å². The van der Waals surface area contributed by atoms with Gasteiger partial charge < -0.3 is 19.4 Å². The third-order valence-corrected chi connectivity index (χ3v) is 5.56. The van der Waals surface area contributed by atoms with Crippen LogP contribution in [0.1, 0.15) is 32.6 Å². The highest BCUT2D eigenvalue weighted by atomic mass is 19.4. The fourth-order valence-corrected chi connectivity index (χ4v) is 3.60. The van der Waals surface area contributed by atoms with E-state index >= 15 is 0 Å². The van der Waals surface area contributed by atoms with Gasteiger partial charge in [0.1, 0.15) is 11.8 Å². The molecule has 156 valence electrons. The maximum Gasteiger partial charge on any atom is 0.573 e. The lowest BCUT2D eigenvalue weighted by atomic mass is 9.93. The average Bonchev–Trinajstić information content (AvgIpc) is 3.26. The van der Waals surface area contributed by atoms with Crippen molar-refractivity contribution in [3.63, 3.8) is 0 Å². The molecule has 0 radical (unpaired) electrons. The van der Waals surface area contributed by atoms with Crippen LogP contribution in [0, 0.1) is 5.41 Å². The third-order valence-electron chi connectivity index (χ3n) is 5.56. The molecule has 0 bridgehead atoms. The molecule has 2 aromatic rings. The number of rotatable bonds is 5. The number of carbonyl (C=O) groups is 1. The van der Waals surface area contributed by atoms with Gasteiger partial charge in [-0.05, 0) is 62.3 Å². The number of ether oxygens (including phenoxy) is 1. The Morgan fingerprint density at radius 3 is 2.41 bits per heavy atom. The van der Waals surface area contributed by atoms with E-state index in [1.165, 1.54) is 25.0 Å². The van der Waals surface area contributed by atoms with Gasteiger partial charge in [0, 0.05) is 18.7 Å². The van der Waals surface area contributed by atoms with Crippen LogP contribution in [-0.2, 0) is 4.79 Å². The Bertz CT molecular complexity index is 868. The van der Waals surface area contributed by atoms with E-state index in [1.54, 1.807) is 6.92 Å². The molecule has 10 heteroatoms. The summed E-state index contributed by atoms with van der Waals surface area (Å²) in [6, 6.07) is 4.64. The molecule has 1 saturated heterocycles. The van der Waals surface area contributed by atoms with Crippen molar-refractivity contribution in [2.75, 3.05) is 18.4 Å². The third kappa shape index (κ3) is 4.63. The van der Waals surface area contributed by atoms with Crippen molar-refractivity contribution in [3.05, 3.63) is 24.3 Å². The molecule has 2 fully saturated rings. The highest BCUT2D eigenvalue weighted by Gasteiger charge is 2.45. The van der Waals surface area contributed by atoms with Gasteiger partial charge in [-0.1, -0.05) is 5.10 Å². The highest BCUT2D eigenvalue weighted by Crippen LogP contribution is 2.53. The Morgan fingerprint density at radius 1 is 1.17 bits per heavy atom. The molecule has 29 heavy (non-hydrogen) atoms. The van der Waals surface area contributed by atoms with Crippen LogP contribution in [0.15, 0.2) is 28.7 Å². The fraction of sp³-hybridized carbons (Fsp3) is 0.526. The first kappa shape index (κ1) is 19.5. The number of halogens is 3. The Hall–Kier alpha value is -2.78. The minimum Gasteiger partial charge on any atom is -0.406 e. The predicted molar refractivity (Wildman–Crippen MR) is 97.0 cm³/mol. The van der Waals surface area contributed by atoms with Crippen LogP contribution in [0.3, 0.4) is 0 Å². The van der Waals surface area contributed by atoms with Crippen LogP contribution in [0.2, 0.25) is 0 Å². The zero-order chi connectivity index (χ0) is 20.6. The number of piperidine rings is 1. The summed E-state index contributed by atoms with van der Waals surface area (Å²) in [4.78, 5) is 14.5. The summed E-state index contributed by atoms with van der Waals surface area (Å²) in [6.45, 7) is 3.27. The lowest BCUT2D eigenvalue weighted by molar-refractivity contribution is -0.274. The van der Waals surface area contributed by atoms with E-state index < -0.39 is 12.4 Å². The van der Waals surface area contributed by atoms with Crippen molar-refractivity contribution in [1.29, 1.82) is 0 Å². The van der Waals surface area contributed by atoms with Gasteiger partial charge in [-0.25, -0.2) is 0 Å². The van der Waals surface area contributed by atoms with E-state index in [1.807, 2.05) is 4.90 Å². The molecule has 1 spiro atoms. The molecule has 1 aliphatic heterocycles. The van der Waals surface area contributed by atoms with Gasteiger partial charge in [0.2, 0.25) is 11.8 Å². The van der Waals surface area contributed by atoms with E-state index in [9.17, 15) is 18.0 Å². The number of benzene rings is 1. The van der Waals surface area contributed by atoms with E-state index in [0.29, 0.717) is 11.0 Å². The maximum atomic E-state index is 12.6. The van der Waals surface area contributed by atoms with Gasteiger partial charge in [0.15, 0.2) is 0 Å². The number of aromatic nitrogens is 2. The first-order valence-corrected chi connectivity index (χ1v) is 9.48. The van der Waals surface area contributed by atoms with Crippen molar-refractivity contribution in [3.8, 4) is 17.2 Å². The molecular formula is C19H21F3N4O3. The molecule has 0 unspecified atom stereocenters. The van der Waals surface area contributed by atoms with Crippen molar-refractivity contribution < 1.29 is 27.1 Å². The topological polar surface area (TPSA) is 80.5 Å². The van der Waals surface area contributed by atoms with Gasteiger partial charge in [0.25, 0.3) is 0 Å². The Labute approximate surface area is 165 Å². The number of amides is 1. The highest BCUT2D eigenvalue weighted by molar-refractivity contribution is 5.83. The molecule has 1 saturated carbocycles. The molecule has 1 aromatic heterocycles. The summed E-state index contributed by atoms with van der Waals surface area (Å²) >= 11 is 0. The number of anilines is 1. The van der Waals surface area contributed by atoms with Crippen LogP contribution >= 0.6 is 0 Å². The zero-order valence-corrected chi connectivity index (χ0v) is 15.8. The van der Waals surface area contributed by atoms with Gasteiger partial charge >= 0.3 is 12.4 Å². The van der Waals surface area contributed by atoms with E-state index in [2.05, 4.69) is 20.3 Å². The standard InChI is InChI=1S/C19H21F3N4O3/c1-12(16(27)26-10-8-18(6-7-18)9-11-26)23-17-25-24-15(28-17)13-2-4-14(5-3-13)29-19(20,21)22/h2-5,12H,6-11H2,1H3,(H,23,25)/t12-/m1/s1. The molecular weight excluding hydrogens is 389 g/mol. The van der Waals surface area contributed by atoms with Gasteiger partial charge in [0.05, 0.1) is 0 Å². The second-order valence-corrected chi connectivity index (χ2v) is 7.68. The van der Waals surface area contributed by atoms with Gasteiger partial charge in [-0.2, -0.15) is 0 Å². The van der Waals surface area contributed by atoms with Crippen LogP contribution in [0.25, 0.3) is 11.5 Å². The lowest BCUT2D eigenvalue weighted by Crippen LogP contribution is -2.45. The minimum absolute atomic E-state index is 0.0195. The number of hydrogen-bond acceptors (Lipinski definition) is 6. The van der Waals surface area contributed by atoms with Crippen LogP contribution in [0.4, 0.5) is 19.2 Å². The number of nitrogens with zero attached hydrogens (tertiary/aromatic N) is 3. The number of alkyl halides is 3. The van der Waals surface area contributed by atoms with E-state index in [4.69, 9.17) is 4.42 Å². The number of carbonyl (C=O) groups excluding carboxylic acids is 1. The van der Waals surface area contributed by atoms with E-state index in [0.717, 1.165) is 38.1 Å². The number of nitrogens with one attached hydrogen (secondary N) is 1. The Kier molecular flexibility index (Phi) is 4.87. The monoisotopic (exact) mass is 410 g/mol. The minimum atomic E-state index is -4.75. The van der Waals surface area contributed by atoms with Crippen molar-refractivity contribution in [2.45, 2.75) is 45.0 Å². The first-order valence-electron chi connectivity index (χ1n) is 9.48. The van der Waals surface area contributed by atoms with Gasteiger partial charge in [-0.3, -0.25) is 4.79 Å². The lowest BCUT2D eigenvalue weighted by Gasteiger charge is -2.33. The molecule has 7 nitrogen and oxygen atoms in total. The largest absolute Gasteiger partial charge is 0.573 e. The normalized spacial score (nSPS) is 19.1. The van der Waals surface area contributed by atoms with Crippen molar-refractivity contribution >= 4 is 11.9 Å². The Morgan fingerprint density at radius 2 is 1.83 bits per heavy atom. The maximum absolute atomic E-state index is 12.6. The molecule has 1 aliphatic carbocycles.